The molecule has 0 saturated carbocycles. The Hall–Kier alpha value is -0.770. The van der Waals surface area contributed by atoms with E-state index < -0.39 is 11.9 Å². The molecule has 0 spiro atoms. The summed E-state index contributed by atoms with van der Waals surface area (Å²) in [7, 11) is 0. The number of nitrogens with zero attached hydrogens (tertiary/aromatic N) is 1. The first-order chi connectivity index (χ1) is 6.60. The zero-order valence-corrected chi connectivity index (χ0v) is 8.96. The van der Waals surface area contributed by atoms with Crippen LogP contribution in [0.4, 0.5) is 0 Å². The van der Waals surface area contributed by atoms with Crippen LogP contribution in [0, 0.1) is 5.92 Å². The number of amides is 2. The minimum atomic E-state index is -0.462. The molecule has 1 saturated heterocycles. The van der Waals surface area contributed by atoms with E-state index in [9.17, 15) is 9.59 Å². The predicted octanol–water partition coefficient (Wildman–Crippen LogP) is 0.338. The Morgan fingerprint density at radius 3 is 2.79 bits per heavy atom. The molecule has 0 aromatic carbocycles. The van der Waals surface area contributed by atoms with Gasteiger partial charge >= 0.3 is 0 Å². The Labute approximate surface area is 88.4 Å². The molecule has 0 radical (unpaired) electrons. The van der Waals surface area contributed by atoms with E-state index in [4.69, 9.17) is 17.3 Å². The highest BCUT2D eigenvalue weighted by molar-refractivity contribution is 6.18. The number of halogens is 1. The lowest BCUT2D eigenvalue weighted by Crippen LogP contribution is -2.45. The molecule has 1 rings (SSSR count). The van der Waals surface area contributed by atoms with Crippen molar-refractivity contribution in [2.75, 3.05) is 12.4 Å². The normalized spacial score (nSPS) is 24.0. The number of carbonyl (C=O) groups is 2. The Balaban J connectivity index is 2.68. The number of rotatable bonds is 4. The van der Waals surface area contributed by atoms with E-state index in [1.165, 1.54) is 0 Å². The van der Waals surface area contributed by atoms with Crippen LogP contribution in [0.1, 0.15) is 19.8 Å². The molecular formula is C9H15ClN2O2. The molecule has 0 aromatic rings. The minimum absolute atomic E-state index is 0.0127. The second kappa shape index (κ2) is 4.64. The average molecular weight is 219 g/mol. The highest BCUT2D eigenvalue weighted by atomic mass is 35.5. The first-order valence-corrected chi connectivity index (χ1v) is 5.28. The summed E-state index contributed by atoms with van der Waals surface area (Å²) >= 11 is 5.67. The molecule has 2 amide bonds. The summed E-state index contributed by atoms with van der Waals surface area (Å²) in [5.74, 6) is 0.173. The summed E-state index contributed by atoms with van der Waals surface area (Å²) in [6, 6.07) is -0.462. The smallest absolute Gasteiger partial charge is 0.240 e. The van der Waals surface area contributed by atoms with Gasteiger partial charge in [-0.05, 0) is 12.3 Å². The van der Waals surface area contributed by atoms with Crippen LogP contribution in [-0.2, 0) is 9.59 Å². The molecule has 1 aliphatic heterocycles. The van der Waals surface area contributed by atoms with E-state index in [1.807, 2.05) is 6.92 Å². The largest absolute Gasteiger partial charge is 0.368 e. The lowest BCUT2D eigenvalue weighted by Gasteiger charge is -2.24. The molecule has 2 N–H and O–H groups in total. The number of primary amides is 1. The molecule has 5 heteroatoms. The van der Waals surface area contributed by atoms with E-state index >= 15 is 0 Å². The van der Waals surface area contributed by atoms with Crippen molar-refractivity contribution >= 4 is 23.4 Å². The molecule has 1 aliphatic rings. The molecule has 1 fully saturated rings. The maximum atomic E-state index is 11.5. The van der Waals surface area contributed by atoms with Gasteiger partial charge in [-0.2, -0.15) is 0 Å². The monoisotopic (exact) mass is 218 g/mol. The summed E-state index contributed by atoms with van der Waals surface area (Å²) in [5.41, 5.74) is 5.21. The van der Waals surface area contributed by atoms with Crippen molar-refractivity contribution in [2.24, 2.45) is 11.7 Å². The number of alkyl halides is 1. The van der Waals surface area contributed by atoms with Crippen molar-refractivity contribution in [3.05, 3.63) is 0 Å². The highest BCUT2D eigenvalue weighted by Gasteiger charge is 2.35. The summed E-state index contributed by atoms with van der Waals surface area (Å²) < 4.78 is 0. The predicted molar refractivity (Wildman–Crippen MR) is 53.8 cm³/mol. The van der Waals surface area contributed by atoms with Gasteiger partial charge in [0.2, 0.25) is 11.8 Å². The van der Waals surface area contributed by atoms with Crippen LogP contribution in [0.3, 0.4) is 0 Å². The molecule has 0 aromatic heterocycles. The zero-order chi connectivity index (χ0) is 10.7. The lowest BCUT2D eigenvalue weighted by molar-refractivity contribution is -0.136. The second-order valence-corrected chi connectivity index (χ2v) is 3.91. The fourth-order valence-electron chi connectivity index (χ4n) is 1.79. The Bertz CT molecular complexity index is 245. The summed E-state index contributed by atoms with van der Waals surface area (Å²) in [6.07, 6.45) is 1.00. The maximum absolute atomic E-state index is 11.5. The summed E-state index contributed by atoms with van der Waals surface area (Å²) in [6.45, 7) is 2.40. The Kier molecular flexibility index (Phi) is 3.75. The van der Waals surface area contributed by atoms with E-state index in [0.29, 0.717) is 25.3 Å². The summed E-state index contributed by atoms with van der Waals surface area (Å²) in [5, 5.41) is 0. The van der Waals surface area contributed by atoms with Gasteiger partial charge in [0.25, 0.3) is 0 Å². The van der Waals surface area contributed by atoms with Gasteiger partial charge < -0.3 is 10.6 Å². The van der Waals surface area contributed by atoms with Crippen molar-refractivity contribution in [3.8, 4) is 0 Å². The van der Waals surface area contributed by atoms with Crippen molar-refractivity contribution in [3.63, 3.8) is 0 Å². The Morgan fingerprint density at radius 1 is 1.79 bits per heavy atom. The molecule has 2 atom stereocenters. The quantitative estimate of drug-likeness (QED) is 0.692. The number of likely N-dealkylation sites (tertiary alicyclic amines) is 1. The van der Waals surface area contributed by atoms with Gasteiger partial charge in [-0.15, -0.1) is 11.6 Å². The maximum Gasteiger partial charge on any atom is 0.240 e. The zero-order valence-electron chi connectivity index (χ0n) is 8.20. The minimum Gasteiger partial charge on any atom is -0.368 e. The van der Waals surface area contributed by atoms with Gasteiger partial charge in [-0.3, -0.25) is 9.59 Å². The van der Waals surface area contributed by atoms with E-state index in [2.05, 4.69) is 0 Å². The van der Waals surface area contributed by atoms with Gasteiger partial charge in [-0.1, -0.05) is 6.92 Å². The topological polar surface area (TPSA) is 63.4 Å². The van der Waals surface area contributed by atoms with Gasteiger partial charge in [-0.25, -0.2) is 0 Å². The first kappa shape index (κ1) is 11.3. The highest BCUT2D eigenvalue weighted by Crippen LogP contribution is 2.22. The van der Waals surface area contributed by atoms with Crippen LogP contribution < -0.4 is 5.73 Å². The third kappa shape index (κ3) is 2.18. The average Bonchev–Trinajstić information content (AvgIpc) is 2.48. The standard InChI is InChI=1S/C9H15ClN2O2/c1-2-7(9(11)14)12-5-6(4-10)3-8(12)13/h6-7H,2-5H2,1H3,(H2,11,14)/t6-,7+/m0/s1. The van der Waals surface area contributed by atoms with Crippen molar-refractivity contribution in [2.45, 2.75) is 25.8 Å². The molecule has 0 aliphatic carbocycles. The van der Waals surface area contributed by atoms with Gasteiger partial charge in [0.1, 0.15) is 6.04 Å². The third-order valence-electron chi connectivity index (χ3n) is 2.55. The molecule has 80 valence electrons. The number of hydrogen-bond acceptors (Lipinski definition) is 2. The van der Waals surface area contributed by atoms with E-state index in [-0.39, 0.29) is 11.8 Å². The van der Waals surface area contributed by atoms with Crippen molar-refractivity contribution < 1.29 is 9.59 Å². The lowest BCUT2D eigenvalue weighted by atomic mass is 10.1. The number of hydrogen-bond donors (Lipinski definition) is 1. The number of nitrogens with two attached hydrogens (primary N) is 1. The van der Waals surface area contributed by atoms with Crippen LogP contribution in [0.2, 0.25) is 0 Å². The first-order valence-electron chi connectivity index (χ1n) is 4.74. The summed E-state index contributed by atoms with van der Waals surface area (Å²) in [4.78, 5) is 24.1. The van der Waals surface area contributed by atoms with Crippen LogP contribution in [0.5, 0.6) is 0 Å². The van der Waals surface area contributed by atoms with Crippen molar-refractivity contribution in [1.82, 2.24) is 4.90 Å². The fraction of sp³-hybridized carbons (Fsp3) is 0.778. The van der Waals surface area contributed by atoms with Crippen LogP contribution in [0.15, 0.2) is 0 Å². The molecular weight excluding hydrogens is 204 g/mol. The van der Waals surface area contributed by atoms with Crippen LogP contribution >= 0.6 is 11.6 Å². The molecule has 4 nitrogen and oxygen atoms in total. The Morgan fingerprint density at radius 2 is 2.43 bits per heavy atom. The molecule has 14 heavy (non-hydrogen) atoms. The number of carbonyl (C=O) groups excluding carboxylic acids is 2. The van der Waals surface area contributed by atoms with Gasteiger partial charge in [0, 0.05) is 18.8 Å². The van der Waals surface area contributed by atoms with Crippen LogP contribution in [0.25, 0.3) is 0 Å². The fourth-order valence-corrected chi connectivity index (χ4v) is 2.00. The van der Waals surface area contributed by atoms with Gasteiger partial charge in [0.05, 0.1) is 0 Å². The van der Waals surface area contributed by atoms with Gasteiger partial charge in [0.15, 0.2) is 0 Å². The van der Waals surface area contributed by atoms with Crippen molar-refractivity contribution in [1.29, 1.82) is 0 Å². The van der Waals surface area contributed by atoms with Crippen LogP contribution in [-0.4, -0.2) is 35.2 Å². The molecule has 0 bridgehead atoms. The third-order valence-corrected chi connectivity index (χ3v) is 2.98. The second-order valence-electron chi connectivity index (χ2n) is 3.60. The van der Waals surface area contributed by atoms with E-state index in [1.54, 1.807) is 4.90 Å². The van der Waals surface area contributed by atoms with E-state index in [0.717, 1.165) is 0 Å². The SMILES string of the molecule is CC[C@H](C(N)=O)N1C[C@H](CCl)CC1=O. The molecule has 0 unspecified atom stereocenters. The molecule has 1 heterocycles.